The number of rotatable bonds is 2. The zero-order chi connectivity index (χ0) is 15.3. The van der Waals surface area contributed by atoms with Crippen LogP contribution >= 0.6 is 15.9 Å². The van der Waals surface area contributed by atoms with Gasteiger partial charge in [0.25, 0.3) is 0 Å². The van der Waals surface area contributed by atoms with E-state index in [1.165, 1.54) is 0 Å². The van der Waals surface area contributed by atoms with Crippen molar-refractivity contribution in [2.75, 3.05) is 14.2 Å². The Kier molecular flexibility index (Phi) is 5.98. The molecule has 1 aromatic heterocycles. The number of nitrogens with two attached hydrogens (primary N) is 1. The van der Waals surface area contributed by atoms with Gasteiger partial charge in [-0.05, 0) is 60.1 Å². The number of hydrogen-bond donors (Lipinski definition) is 1. The van der Waals surface area contributed by atoms with Gasteiger partial charge in [-0.15, -0.1) is 0 Å². The minimum atomic E-state index is -0.427. The Hall–Kier alpha value is -1.59. The van der Waals surface area contributed by atoms with E-state index in [9.17, 15) is 4.79 Å². The van der Waals surface area contributed by atoms with E-state index >= 15 is 0 Å². The second-order valence-corrected chi connectivity index (χ2v) is 5.24. The van der Waals surface area contributed by atoms with Crippen molar-refractivity contribution in [1.29, 1.82) is 0 Å². The van der Waals surface area contributed by atoms with E-state index in [1.54, 1.807) is 20.3 Å². The van der Waals surface area contributed by atoms with Crippen LogP contribution in [0.1, 0.15) is 21.7 Å². The summed E-state index contributed by atoms with van der Waals surface area (Å²) >= 11 is 3.37. The van der Waals surface area contributed by atoms with Crippen molar-refractivity contribution >= 4 is 21.8 Å². The number of carbonyl (C=O) groups is 1. The monoisotopic (exact) mass is 338 g/mol. The molecule has 0 saturated heterocycles. The molecule has 2 N–H and O–H groups in total. The Balaban J connectivity index is 0.000000612. The summed E-state index contributed by atoms with van der Waals surface area (Å²) in [5.74, 6) is -0.427. The van der Waals surface area contributed by atoms with E-state index in [4.69, 9.17) is 5.73 Å². The highest BCUT2D eigenvalue weighted by molar-refractivity contribution is 9.10. The summed E-state index contributed by atoms with van der Waals surface area (Å²) < 4.78 is 7.09. The highest BCUT2D eigenvalue weighted by Gasteiger charge is 2.09. The molecule has 0 radical (unpaired) electrons. The largest absolute Gasteiger partial charge is 0.388 e. The standard InChI is InChI=1S/C13H13BrN2O.C2H6O/c1-8-3-4-9(2)16(8)10-5-6-11(13(15)17)12(14)7-10;1-3-2/h3-7H,1-2H3,(H2,15,17);1-2H3. The lowest BCUT2D eigenvalue weighted by Gasteiger charge is -2.11. The number of carbonyl (C=O) groups excluding carboxylic acids is 1. The first-order valence-electron chi connectivity index (χ1n) is 6.07. The first-order chi connectivity index (χ1) is 9.42. The van der Waals surface area contributed by atoms with Crippen molar-refractivity contribution in [2.24, 2.45) is 5.73 Å². The van der Waals surface area contributed by atoms with Gasteiger partial charge in [0.2, 0.25) is 5.91 Å². The van der Waals surface area contributed by atoms with E-state index in [-0.39, 0.29) is 0 Å². The summed E-state index contributed by atoms with van der Waals surface area (Å²) in [5, 5.41) is 0. The summed E-state index contributed by atoms with van der Waals surface area (Å²) in [6.45, 7) is 4.09. The van der Waals surface area contributed by atoms with Gasteiger partial charge in [0.05, 0.1) is 5.56 Å². The number of hydrogen-bond acceptors (Lipinski definition) is 2. The van der Waals surface area contributed by atoms with Crippen LogP contribution in [-0.2, 0) is 4.74 Å². The first-order valence-corrected chi connectivity index (χ1v) is 6.86. The van der Waals surface area contributed by atoms with Crippen molar-refractivity contribution in [2.45, 2.75) is 13.8 Å². The second-order valence-electron chi connectivity index (χ2n) is 4.39. The number of methoxy groups -OCH3 is 1. The number of aryl methyl sites for hydroxylation is 2. The molecule has 2 rings (SSSR count). The van der Waals surface area contributed by atoms with Gasteiger partial charge in [0.15, 0.2) is 0 Å². The molecule has 2 aromatic rings. The number of benzene rings is 1. The maximum absolute atomic E-state index is 11.1. The number of amides is 1. The van der Waals surface area contributed by atoms with Crippen LogP contribution in [0.2, 0.25) is 0 Å². The average Bonchev–Trinajstić information content (AvgIpc) is 2.69. The van der Waals surface area contributed by atoms with Crippen LogP contribution < -0.4 is 5.73 Å². The predicted molar refractivity (Wildman–Crippen MR) is 84.4 cm³/mol. The number of halogens is 1. The van der Waals surface area contributed by atoms with Crippen molar-refractivity contribution in [3.63, 3.8) is 0 Å². The number of aromatic nitrogens is 1. The quantitative estimate of drug-likeness (QED) is 0.913. The van der Waals surface area contributed by atoms with E-state index in [0.717, 1.165) is 21.5 Å². The molecule has 0 unspecified atom stereocenters. The third-order valence-corrected chi connectivity index (χ3v) is 3.40. The highest BCUT2D eigenvalue weighted by Crippen LogP contribution is 2.23. The van der Waals surface area contributed by atoms with Crippen LogP contribution in [0, 0.1) is 13.8 Å². The van der Waals surface area contributed by atoms with Crippen LogP contribution in [0.3, 0.4) is 0 Å². The molecular weight excluding hydrogens is 320 g/mol. The molecule has 0 fully saturated rings. The van der Waals surface area contributed by atoms with Gasteiger partial charge in [0.1, 0.15) is 0 Å². The molecule has 108 valence electrons. The van der Waals surface area contributed by atoms with Gasteiger partial charge in [-0.25, -0.2) is 0 Å². The maximum atomic E-state index is 11.1. The fourth-order valence-corrected chi connectivity index (χ4v) is 2.48. The molecule has 0 saturated carbocycles. The lowest BCUT2D eigenvalue weighted by Crippen LogP contribution is -2.12. The topological polar surface area (TPSA) is 57.2 Å². The number of ether oxygens (including phenoxy) is 1. The van der Waals surface area contributed by atoms with Crippen LogP contribution in [-0.4, -0.2) is 24.7 Å². The molecule has 0 atom stereocenters. The minimum Gasteiger partial charge on any atom is -0.388 e. The molecule has 5 heteroatoms. The summed E-state index contributed by atoms with van der Waals surface area (Å²) in [6, 6.07) is 9.65. The van der Waals surface area contributed by atoms with Crippen molar-refractivity contribution < 1.29 is 9.53 Å². The molecular formula is C15H19BrN2O2. The van der Waals surface area contributed by atoms with Gasteiger partial charge < -0.3 is 15.0 Å². The molecule has 1 aromatic carbocycles. The summed E-state index contributed by atoms with van der Waals surface area (Å²) in [5.41, 5.74) is 9.09. The third-order valence-electron chi connectivity index (χ3n) is 2.75. The van der Waals surface area contributed by atoms with Gasteiger partial charge in [-0.2, -0.15) is 0 Å². The number of nitrogens with zero attached hydrogens (tertiary/aromatic N) is 1. The Bertz CT molecular complexity index is 586. The van der Waals surface area contributed by atoms with Crippen molar-refractivity contribution in [1.82, 2.24) is 4.57 Å². The predicted octanol–water partition coefficient (Wildman–Crippen LogP) is 3.22. The molecule has 0 aliphatic rings. The zero-order valence-corrected chi connectivity index (χ0v) is 13.7. The zero-order valence-electron chi connectivity index (χ0n) is 12.1. The molecule has 0 aliphatic carbocycles. The van der Waals surface area contributed by atoms with Crippen LogP contribution in [0.4, 0.5) is 0 Å². The van der Waals surface area contributed by atoms with E-state index in [1.807, 2.05) is 26.0 Å². The maximum Gasteiger partial charge on any atom is 0.249 e. The Morgan fingerprint density at radius 1 is 1.15 bits per heavy atom. The Morgan fingerprint density at radius 2 is 1.65 bits per heavy atom. The number of primary amides is 1. The molecule has 4 nitrogen and oxygen atoms in total. The summed E-state index contributed by atoms with van der Waals surface area (Å²) in [4.78, 5) is 11.1. The van der Waals surface area contributed by atoms with Crippen molar-refractivity contribution in [3.8, 4) is 5.69 Å². The lowest BCUT2D eigenvalue weighted by molar-refractivity contribution is 0.0999. The Labute approximate surface area is 127 Å². The fourth-order valence-electron chi connectivity index (χ4n) is 1.92. The van der Waals surface area contributed by atoms with Crippen LogP contribution in [0.5, 0.6) is 0 Å². The van der Waals surface area contributed by atoms with Gasteiger partial charge >= 0.3 is 0 Å². The fraction of sp³-hybridized carbons (Fsp3) is 0.267. The van der Waals surface area contributed by atoms with E-state index in [2.05, 4.69) is 37.4 Å². The minimum absolute atomic E-state index is 0.427. The van der Waals surface area contributed by atoms with Crippen molar-refractivity contribution in [3.05, 3.63) is 51.8 Å². The van der Waals surface area contributed by atoms with Gasteiger partial charge in [-0.3, -0.25) is 4.79 Å². The van der Waals surface area contributed by atoms with Crippen LogP contribution in [0.15, 0.2) is 34.8 Å². The normalized spacial score (nSPS) is 9.85. The third kappa shape index (κ3) is 3.71. The molecule has 0 bridgehead atoms. The van der Waals surface area contributed by atoms with E-state index < -0.39 is 5.91 Å². The molecule has 1 amide bonds. The van der Waals surface area contributed by atoms with Gasteiger partial charge in [-0.1, -0.05) is 0 Å². The van der Waals surface area contributed by atoms with Crippen LogP contribution in [0.25, 0.3) is 5.69 Å². The van der Waals surface area contributed by atoms with Gasteiger partial charge in [0, 0.05) is 35.8 Å². The first kappa shape index (κ1) is 16.5. The van der Waals surface area contributed by atoms with E-state index in [0.29, 0.717) is 5.56 Å². The smallest absolute Gasteiger partial charge is 0.249 e. The molecule has 20 heavy (non-hydrogen) atoms. The SMILES string of the molecule is COC.Cc1ccc(C)n1-c1ccc(C(N)=O)c(Br)c1. The lowest BCUT2D eigenvalue weighted by atomic mass is 10.2. The average molecular weight is 339 g/mol. The molecule has 0 aliphatic heterocycles. The molecule has 1 heterocycles. The Morgan fingerprint density at radius 3 is 2.05 bits per heavy atom. The highest BCUT2D eigenvalue weighted by atomic mass is 79.9. The summed E-state index contributed by atoms with van der Waals surface area (Å²) in [6.07, 6.45) is 0. The summed E-state index contributed by atoms with van der Waals surface area (Å²) in [7, 11) is 3.25. The second kappa shape index (κ2) is 7.26. The molecule has 0 spiro atoms.